The molecule has 0 atom stereocenters. The van der Waals surface area contributed by atoms with Crippen LogP contribution < -0.4 is 5.32 Å². The van der Waals surface area contributed by atoms with Crippen LogP contribution in [0.3, 0.4) is 0 Å². The van der Waals surface area contributed by atoms with Gasteiger partial charge in [-0.05, 0) is 81.0 Å². The largest absolute Gasteiger partial charge is 0.350 e. The summed E-state index contributed by atoms with van der Waals surface area (Å²) < 4.78 is 26.6. The molecule has 4 saturated carbocycles. The molecule has 25 heavy (non-hydrogen) atoms. The van der Waals surface area contributed by atoms with Gasteiger partial charge in [-0.3, -0.25) is 4.79 Å². The van der Waals surface area contributed by atoms with Crippen LogP contribution in [0.25, 0.3) is 0 Å². The number of amides is 1. The van der Waals surface area contributed by atoms with E-state index in [2.05, 4.69) is 21.2 Å². The Hall–Kier alpha value is -0.880. The SMILES string of the molecule is O=C(NC12CCC(CS(=O)(=O)c3ccc(Br)cc3)(CC1)CC2)C1CC1. The zero-order valence-electron chi connectivity index (χ0n) is 14.3. The van der Waals surface area contributed by atoms with E-state index in [1.807, 2.05) is 0 Å². The van der Waals surface area contributed by atoms with Gasteiger partial charge in [0, 0.05) is 15.9 Å². The molecule has 0 aromatic heterocycles. The monoisotopic (exact) mass is 425 g/mol. The van der Waals surface area contributed by atoms with Crippen molar-refractivity contribution in [2.75, 3.05) is 5.75 Å². The van der Waals surface area contributed by atoms with E-state index in [4.69, 9.17) is 0 Å². The molecular weight excluding hydrogens is 402 g/mol. The van der Waals surface area contributed by atoms with Crippen molar-refractivity contribution in [1.29, 1.82) is 0 Å². The number of sulfone groups is 1. The van der Waals surface area contributed by atoms with E-state index in [0.717, 1.165) is 55.8 Å². The second-order valence-corrected chi connectivity index (χ2v) is 11.2. The van der Waals surface area contributed by atoms with Crippen molar-refractivity contribution < 1.29 is 13.2 Å². The zero-order chi connectivity index (χ0) is 17.7. The number of carbonyl (C=O) groups is 1. The van der Waals surface area contributed by atoms with Crippen LogP contribution >= 0.6 is 15.9 Å². The van der Waals surface area contributed by atoms with E-state index < -0.39 is 9.84 Å². The lowest BCUT2D eigenvalue weighted by atomic mass is 9.58. The molecule has 0 unspecified atom stereocenters. The molecule has 1 aromatic carbocycles. The van der Waals surface area contributed by atoms with Gasteiger partial charge in [-0.25, -0.2) is 8.42 Å². The number of carbonyl (C=O) groups excluding carboxylic acids is 1. The Kier molecular flexibility index (Phi) is 4.27. The van der Waals surface area contributed by atoms with Gasteiger partial charge in [-0.2, -0.15) is 0 Å². The molecule has 5 rings (SSSR count). The van der Waals surface area contributed by atoms with Crippen molar-refractivity contribution in [3.05, 3.63) is 28.7 Å². The van der Waals surface area contributed by atoms with Gasteiger partial charge in [-0.1, -0.05) is 15.9 Å². The van der Waals surface area contributed by atoms with Gasteiger partial charge in [0.05, 0.1) is 10.6 Å². The molecule has 1 aromatic rings. The molecule has 0 spiro atoms. The molecule has 4 nitrogen and oxygen atoms in total. The lowest BCUT2D eigenvalue weighted by Crippen LogP contribution is -2.58. The first-order valence-corrected chi connectivity index (χ1v) is 11.6. The van der Waals surface area contributed by atoms with Gasteiger partial charge in [0.1, 0.15) is 0 Å². The third-order valence-electron chi connectivity index (χ3n) is 6.41. The molecule has 0 aliphatic heterocycles. The Morgan fingerprint density at radius 2 is 1.60 bits per heavy atom. The van der Waals surface area contributed by atoms with E-state index in [1.54, 1.807) is 24.3 Å². The molecular formula is C19H24BrNO3S. The van der Waals surface area contributed by atoms with Gasteiger partial charge in [0.15, 0.2) is 9.84 Å². The summed E-state index contributed by atoms with van der Waals surface area (Å²) in [6.45, 7) is 0. The quantitative estimate of drug-likeness (QED) is 0.778. The highest BCUT2D eigenvalue weighted by molar-refractivity contribution is 9.10. The van der Waals surface area contributed by atoms with Crippen molar-refractivity contribution >= 4 is 31.7 Å². The third kappa shape index (κ3) is 3.52. The molecule has 136 valence electrons. The molecule has 1 N–H and O–H groups in total. The van der Waals surface area contributed by atoms with Gasteiger partial charge in [0.2, 0.25) is 5.91 Å². The predicted octanol–water partition coefficient (Wildman–Crippen LogP) is 3.84. The molecule has 1 amide bonds. The van der Waals surface area contributed by atoms with Gasteiger partial charge in [0.25, 0.3) is 0 Å². The standard InChI is InChI=1S/C19H24BrNO3S/c20-15-3-5-16(6-4-15)25(23,24)13-18-7-10-19(11-8-18,12-9-18)21-17(22)14-1-2-14/h3-6,14H,1-2,7-13H2,(H,21,22). The highest BCUT2D eigenvalue weighted by Crippen LogP contribution is 2.53. The number of fused-ring (bicyclic) bond motifs is 3. The molecule has 0 heterocycles. The highest BCUT2D eigenvalue weighted by Gasteiger charge is 2.51. The predicted molar refractivity (Wildman–Crippen MR) is 99.9 cm³/mol. The summed E-state index contributed by atoms with van der Waals surface area (Å²) in [5, 5.41) is 3.31. The molecule has 4 aliphatic carbocycles. The van der Waals surface area contributed by atoms with Gasteiger partial charge < -0.3 is 5.32 Å². The van der Waals surface area contributed by atoms with E-state index in [1.165, 1.54) is 0 Å². The highest BCUT2D eigenvalue weighted by atomic mass is 79.9. The fourth-order valence-corrected chi connectivity index (χ4v) is 6.73. The van der Waals surface area contributed by atoms with Crippen LogP contribution in [-0.4, -0.2) is 25.6 Å². The molecule has 2 bridgehead atoms. The lowest BCUT2D eigenvalue weighted by Gasteiger charge is -2.53. The summed E-state index contributed by atoms with van der Waals surface area (Å²) in [6, 6.07) is 6.93. The van der Waals surface area contributed by atoms with Crippen LogP contribution in [0.15, 0.2) is 33.6 Å². The minimum atomic E-state index is -3.28. The number of hydrogen-bond acceptors (Lipinski definition) is 3. The molecule has 0 saturated heterocycles. The zero-order valence-corrected chi connectivity index (χ0v) is 16.7. The Morgan fingerprint density at radius 3 is 2.12 bits per heavy atom. The number of benzene rings is 1. The molecule has 4 aliphatic rings. The van der Waals surface area contributed by atoms with Crippen LogP contribution in [0.5, 0.6) is 0 Å². The van der Waals surface area contributed by atoms with E-state index in [9.17, 15) is 13.2 Å². The summed E-state index contributed by atoms with van der Waals surface area (Å²) in [4.78, 5) is 12.6. The summed E-state index contributed by atoms with van der Waals surface area (Å²) in [7, 11) is -3.28. The molecule has 4 fully saturated rings. The molecule has 0 radical (unpaired) electrons. The summed E-state index contributed by atoms with van der Waals surface area (Å²) in [5.74, 6) is 0.687. The second-order valence-electron chi connectivity index (χ2n) is 8.26. The second kappa shape index (κ2) is 6.08. The van der Waals surface area contributed by atoms with Crippen LogP contribution in [0.2, 0.25) is 0 Å². The number of hydrogen-bond donors (Lipinski definition) is 1. The smallest absolute Gasteiger partial charge is 0.223 e. The van der Waals surface area contributed by atoms with Crippen molar-refractivity contribution in [1.82, 2.24) is 5.32 Å². The summed E-state index contributed by atoms with van der Waals surface area (Å²) in [5.41, 5.74) is -0.180. The van der Waals surface area contributed by atoms with Gasteiger partial charge >= 0.3 is 0 Å². The van der Waals surface area contributed by atoms with E-state index >= 15 is 0 Å². The first-order valence-electron chi connectivity index (χ1n) is 9.12. The van der Waals surface area contributed by atoms with Crippen molar-refractivity contribution in [2.45, 2.75) is 61.8 Å². The van der Waals surface area contributed by atoms with Crippen LogP contribution in [0.1, 0.15) is 51.4 Å². The summed E-state index contributed by atoms with van der Waals surface area (Å²) >= 11 is 3.35. The average Bonchev–Trinajstić information content (AvgIpc) is 3.41. The fraction of sp³-hybridized carbons (Fsp3) is 0.632. The van der Waals surface area contributed by atoms with E-state index in [0.29, 0.717) is 4.90 Å². The summed E-state index contributed by atoms with van der Waals surface area (Å²) in [6.07, 6.45) is 7.49. The maximum atomic E-state index is 12.9. The van der Waals surface area contributed by atoms with Crippen LogP contribution in [0.4, 0.5) is 0 Å². The third-order valence-corrected chi connectivity index (χ3v) is 8.92. The normalized spacial score (nSPS) is 31.7. The minimum absolute atomic E-state index is 0.0667. The maximum Gasteiger partial charge on any atom is 0.223 e. The Morgan fingerprint density at radius 1 is 1.04 bits per heavy atom. The van der Waals surface area contributed by atoms with Crippen molar-refractivity contribution in [2.24, 2.45) is 11.3 Å². The molecule has 6 heteroatoms. The van der Waals surface area contributed by atoms with Gasteiger partial charge in [-0.15, -0.1) is 0 Å². The van der Waals surface area contributed by atoms with Crippen LogP contribution in [0, 0.1) is 11.3 Å². The lowest BCUT2D eigenvalue weighted by molar-refractivity contribution is -0.126. The number of rotatable bonds is 5. The fourth-order valence-electron chi connectivity index (χ4n) is 4.50. The minimum Gasteiger partial charge on any atom is -0.350 e. The Balaban J connectivity index is 1.45. The topological polar surface area (TPSA) is 63.2 Å². The van der Waals surface area contributed by atoms with Crippen molar-refractivity contribution in [3.63, 3.8) is 0 Å². The first kappa shape index (κ1) is 17.5. The first-order chi connectivity index (χ1) is 11.8. The van der Waals surface area contributed by atoms with E-state index in [-0.39, 0.29) is 28.5 Å². The van der Waals surface area contributed by atoms with Crippen molar-refractivity contribution in [3.8, 4) is 0 Å². The van der Waals surface area contributed by atoms with Crippen LogP contribution in [-0.2, 0) is 14.6 Å². The number of halogens is 1. The average molecular weight is 426 g/mol. The maximum absolute atomic E-state index is 12.9. The Labute approximate surface area is 157 Å². The Bertz CT molecular complexity index is 759. The number of nitrogens with one attached hydrogen (secondary N) is 1.